The lowest BCUT2D eigenvalue weighted by Gasteiger charge is -2.68. The maximum Gasteiger partial charge on any atom is 0.333 e. The van der Waals surface area contributed by atoms with Crippen molar-refractivity contribution in [3.05, 3.63) is 11.6 Å². The molecule has 2 heterocycles. The van der Waals surface area contributed by atoms with Crippen LogP contribution in [0.15, 0.2) is 11.6 Å². The summed E-state index contributed by atoms with van der Waals surface area (Å²) in [7, 11) is 0. The summed E-state index contributed by atoms with van der Waals surface area (Å²) in [4.78, 5) is 12.8. The Bertz CT molecular complexity index is 1160. The lowest BCUT2D eigenvalue weighted by molar-refractivity contribution is -0.245. The minimum atomic E-state index is -0.704. The van der Waals surface area contributed by atoms with Crippen molar-refractivity contribution in [3.8, 4) is 0 Å². The summed E-state index contributed by atoms with van der Waals surface area (Å²) in [6, 6.07) is 0. The zero-order valence-corrected chi connectivity index (χ0v) is 26.7. The molecule has 7 rings (SSSR count). The molecule has 6 nitrogen and oxygen atoms in total. The van der Waals surface area contributed by atoms with Gasteiger partial charge in [0.2, 0.25) is 0 Å². The van der Waals surface area contributed by atoms with Crippen molar-refractivity contribution in [2.75, 3.05) is 0 Å². The second-order valence-corrected chi connectivity index (χ2v) is 17.1. The summed E-state index contributed by atoms with van der Waals surface area (Å²) in [5.41, 5.74) is 0.673. The number of fused-ring (bicyclic) bond motifs is 3. The quantitative estimate of drug-likeness (QED) is 0.239. The highest BCUT2D eigenvalue weighted by atomic mass is 16.7. The third-order valence-electron chi connectivity index (χ3n) is 15.2. The molecule has 13 atom stereocenters. The molecule has 2 aliphatic heterocycles. The number of hydrogen-bond donors (Lipinski definition) is 2. The van der Waals surface area contributed by atoms with Gasteiger partial charge >= 0.3 is 5.97 Å². The molecular formula is C35H54O6. The Labute approximate surface area is 247 Å². The van der Waals surface area contributed by atoms with Gasteiger partial charge in [0.05, 0.1) is 17.8 Å². The summed E-state index contributed by atoms with van der Waals surface area (Å²) < 4.78 is 18.2. The number of aliphatic hydroxyl groups is 2. The molecule has 0 radical (unpaired) electrons. The maximum atomic E-state index is 12.8. The van der Waals surface area contributed by atoms with E-state index in [0.29, 0.717) is 23.3 Å². The van der Waals surface area contributed by atoms with Crippen molar-refractivity contribution >= 4 is 5.97 Å². The number of esters is 1. The fourth-order valence-electron chi connectivity index (χ4n) is 12.9. The number of carbonyl (C=O) groups excluding carboxylic acids is 1. The van der Waals surface area contributed by atoms with Gasteiger partial charge in [-0.05, 0) is 119 Å². The van der Waals surface area contributed by atoms with Crippen LogP contribution in [0.5, 0.6) is 0 Å². The molecule has 5 saturated carbocycles. The third kappa shape index (κ3) is 3.48. The van der Waals surface area contributed by atoms with Crippen molar-refractivity contribution in [1.29, 1.82) is 0 Å². The van der Waals surface area contributed by atoms with Crippen molar-refractivity contribution in [2.24, 2.45) is 50.7 Å². The predicted molar refractivity (Wildman–Crippen MR) is 156 cm³/mol. The number of carbonyl (C=O) groups is 1. The van der Waals surface area contributed by atoms with E-state index in [2.05, 4.69) is 41.5 Å². The van der Waals surface area contributed by atoms with Crippen LogP contribution < -0.4 is 0 Å². The van der Waals surface area contributed by atoms with Crippen LogP contribution in [0.25, 0.3) is 0 Å². The van der Waals surface area contributed by atoms with Crippen molar-refractivity contribution in [2.45, 2.75) is 149 Å². The highest BCUT2D eigenvalue weighted by molar-refractivity contribution is 5.87. The predicted octanol–water partition coefficient (Wildman–Crippen LogP) is 6.18. The van der Waals surface area contributed by atoms with Crippen LogP contribution in [0, 0.1) is 50.7 Å². The maximum absolute atomic E-state index is 12.8. The zero-order chi connectivity index (χ0) is 29.5. The van der Waals surface area contributed by atoms with Gasteiger partial charge in [0.1, 0.15) is 12.2 Å². The molecule has 0 amide bonds. The van der Waals surface area contributed by atoms with Gasteiger partial charge in [0.15, 0.2) is 6.29 Å². The Balaban J connectivity index is 1.15. The average Bonchev–Trinajstić information content (AvgIpc) is 3.66. The Morgan fingerprint density at radius 2 is 1.66 bits per heavy atom. The Kier molecular flexibility index (Phi) is 6.05. The number of aliphatic hydroxyl groups excluding tert-OH is 2. The largest absolute Gasteiger partial charge is 0.458 e. The van der Waals surface area contributed by atoms with Crippen LogP contribution in [0.2, 0.25) is 0 Å². The van der Waals surface area contributed by atoms with Gasteiger partial charge < -0.3 is 24.4 Å². The average molecular weight is 571 g/mol. The highest BCUT2D eigenvalue weighted by Gasteiger charge is 2.86. The molecule has 6 heteroatoms. The molecule has 0 aromatic heterocycles. The summed E-state index contributed by atoms with van der Waals surface area (Å²) in [6.07, 6.45) is 10.1. The molecule has 0 spiro atoms. The first kappa shape index (κ1) is 28.8. The fraction of sp³-hybridized carbons (Fsp3) is 0.914. The van der Waals surface area contributed by atoms with Crippen LogP contribution in [0.3, 0.4) is 0 Å². The van der Waals surface area contributed by atoms with E-state index in [-0.39, 0.29) is 69.0 Å². The normalized spacial score (nSPS) is 56.2. The summed E-state index contributed by atoms with van der Waals surface area (Å²) >= 11 is 0. The van der Waals surface area contributed by atoms with E-state index in [1.54, 1.807) is 0 Å². The van der Waals surface area contributed by atoms with E-state index < -0.39 is 6.29 Å². The Morgan fingerprint density at radius 3 is 2.32 bits per heavy atom. The number of hydrogen-bond acceptors (Lipinski definition) is 6. The Morgan fingerprint density at radius 1 is 0.951 bits per heavy atom. The molecule has 7 fully saturated rings. The lowest BCUT2D eigenvalue weighted by Crippen LogP contribution is -2.66. The number of ether oxygens (including phenoxy) is 3. The molecule has 41 heavy (non-hydrogen) atoms. The monoisotopic (exact) mass is 570 g/mol. The molecular weight excluding hydrogens is 516 g/mol. The second-order valence-electron chi connectivity index (χ2n) is 17.1. The van der Waals surface area contributed by atoms with E-state index in [0.717, 1.165) is 44.9 Å². The van der Waals surface area contributed by atoms with Crippen LogP contribution in [0.4, 0.5) is 0 Å². The molecule has 230 valence electrons. The van der Waals surface area contributed by atoms with Crippen molar-refractivity contribution in [1.82, 2.24) is 0 Å². The fourth-order valence-corrected chi connectivity index (χ4v) is 12.9. The van der Waals surface area contributed by atoms with E-state index in [1.807, 2.05) is 19.9 Å². The second kappa shape index (κ2) is 8.61. The molecule has 0 aromatic rings. The summed E-state index contributed by atoms with van der Waals surface area (Å²) in [5, 5.41) is 23.4. The van der Waals surface area contributed by atoms with Gasteiger partial charge in [0, 0.05) is 22.3 Å². The van der Waals surface area contributed by atoms with E-state index in [9.17, 15) is 15.0 Å². The topological polar surface area (TPSA) is 88.5 Å². The van der Waals surface area contributed by atoms with Crippen LogP contribution >= 0.6 is 0 Å². The number of rotatable bonds is 4. The van der Waals surface area contributed by atoms with E-state index >= 15 is 0 Å². The summed E-state index contributed by atoms with van der Waals surface area (Å²) in [6.45, 7) is 17.5. The number of allylic oxidation sites excluding steroid dienone is 1. The highest BCUT2D eigenvalue weighted by Crippen LogP contribution is 2.91. The minimum Gasteiger partial charge on any atom is -0.458 e. The van der Waals surface area contributed by atoms with Crippen LogP contribution in [0.1, 0.15) is 113 Å². The van der Waals surface area contributed by atoms with Crippen LogP contribution in [-0.2, 0) is 19.0 Å². The first-order valence-corrected chi connectivity index (χ1v) is 16.6. The molecule has 0 unspecified atom stereocenters. The van der Waals surface area contributed by atoms with Gasteiger partial charge in [0.25, 0.3) is 0 Å². The van der Waals surface area contributed by atoms with Gasteiger partial charge in [-0.25, -0.2) is 4.79 Å². The van der Waals surface area contributed by atoms with Crippen LogP contribution in [-0.4, -0.2) is 52.5 Å². The van der Waals surface area contributed by atoms with Gasteiger partial charge in [-0.15, -0.1) is 0 Å². The molecule has 0 bridgehead atoms. The first-order chi connectivity index (χ1) is 19.1. The standard InChI is InChI=1S/C35H54O6/c1-9-19(2)28(37)40-26-12-13-32(7)23-11-14-34-18-35(34,33(23,8)25(36)17-24(32)30(26,3)4)15-10-21(34)20-16-22(39-29(20)38)27-31(5,6)41-27/h9,20-27,29,36,38H,10-18H2,1-8H3/b19-9+/t20-,21-,22+,23+,24-,25+,26-,27+,29+,32+,33-,34+,35+/m0/s1. The smallest absolute Gasteiger partial charge is 0.333 e. The van der Waals surface area contributed by atoms with E-state index in [1.165, 1.54) is 12.8 Å². The molecule has 7 aliphatic rings. The first-order valence-electron chi connectivity index (χ1n) is 16.6. The van der Waals surface area contributed by atoms with Crippen molar-refractivity contribution in [3.63, 3.8) is 0 Å². The minimum absolute atomic E-state index is 0.00913. The zero-order valence-electron chi connectivity index (χ0n) is 26.7. The molecule has 2 N–H and O–H groups in total. The molecule has 2 saturated heterocycles. The van der Waals surface area contributed by atoms with E-state index in [4.69, 9.17) is 14.2 Å². The van der Waals surface area contributed by atoms with Crippen molar-refractivity contribution < 1.29 is 29.2 Å². The lowest BCUT2D eigenvalue weighted by atomic mass is 9.37. The number of epoxide rings is 1. The molecule has 5 aliphatic carbocycles. The van der Waals surface area contributed by atoms with Gasteiger partial charge in [-0.2, -0.15) is 0 Å². The van der Waals surface area contributed by atoms with Gasteiger partial charge in [-0.3, -0.25) is 0 Å². The third-order valence-corrected chi connectivity index (χ3v) is 15.2. The summed E-state index contributed by atoms with van der Waals surface area (Å²) in [5.74, 6) is 1.17. The SMILES string of the molecule is C/C=C(\C)C(=O)O[C@H]1CC[C@]2(C)[C@H]3CC[C@]45C[C@]4(CC[C@H]5[C@@H]4C[C@H]([C@H]5OC5(C)C)O[C@H]4O)[C@]3(C)[C@H](O)C[C@H]2C1(C)C. The van der Waals surface area contributed by atoms with Gasteiger partial charge in [-0.1, -0.05) is 33.8 Å². The molecule has 0 aromatic carbocycles. The Hall–Kier alpha value is -0.950.